The molecule has 86 valence electrons. The van der Waals surface area contributed by atoms with Crippen LogP contribution in [0, 0.1) is 0 Å². The Morgan fingerprint density at radius 1 is 1.56 bits per heavy atom. The molecule has 1 fully saturated rings. The Hall–Kier alpha value is -1.42. The third kappa shape index (κ3) is 2.79. The van der Waals surface area contributed by atoms with Crippen LogP contribution < -0.4 is 5.73 Å². The third-order valence-electron chi connectivity index (χ3n) is 2.74. The van der Waals surface area contributed by atoms with Crippen LogP contribution in [0.3, 0.4) is 0 Å². The van der Waals surface area contributed by atoms with Gasteiger partial charge in [0.15, 0.2) is 0 Å². The van der Waals surface area contributed by atoms with E-state index in [1.807, 2.05) is 23.2 Å². The fraction of sp³-hybridized carbons (Fsp3) is 0.500. The van der Waals surface area contributed by atoms with Crippen LogP contribution in [0.25, 0.3) is 0 Å². The van der Waals surface area contributed by atoms with Crippen LogP contribution in [0.1, 0.15) is 24.8 Å². The molecular weight excluding hydrogens is 202 g/mol. The highest BCUT2D eigenvalue weighted by Gasteiger charge is 2.31. The minimum atomic E-state index is 0.161. The van der Waals surface area contributed by atoms with Crippen molar-refractivity contribution in [2.24, 2.45) is 5.73 Å². The average Bonchev–Trinajstić information content (AvgIpc) is 3.11. The van der Waals surface area contributed by atoms with E-state index in [2.05, 4.69) is 4.98 Å². The molecule has 0 unspecified atom stereocenters. The molecule has 1 aromatic heterocycles. The summed E-state index contributed by atoms with van der Waals surface area (Å²) >= 11 is 0. The Labute approximate surface area is 95.5 Å². The number of amides is 1. The number of nitrogens with two attached hydrogens (primary N) is 1. The molecule has 1 amide bonds. The van der Waals surface area contributed by atoms with E-state index < -0.39 is 0 Å². The Kier molecular flexibility index (Phi) is 3.51. The lowest BCUT2D eigenvalue weighted by Gasteiger charge is -2.22. The monoisotopic (exact) mass is 219 g/mol. The molecule has 4 heteroatoms. The lowest BCUT2D eigenvalue weighted by atomic mass is 10.2. The Morgan fingerprint density at radius 2 is 2.38 bits per heavy atom. The molecule has 0 spiro atoms. The molecule has 0 bridgehead atoms. The summed E-state index contributed by atoms with van der Waals surface area (Å²) in [5, 5.41) is 0. The van der Waals surface area contributed by atoms with E-state index >= 15 is 0 Å². The van der Waals surface area contributed by atoms with Crippen molar-refractivity contribution in [1.29, 1.82) is 0 Å². The number of carbonyl (C=O) groups is 1. The smallest absolute Gasteiger partial charge is 0.224 e. The predicted molar refractivity (Wildman–Crippen MR) is 61.5 cm³/mol. The largest absolute Gasteiger partial charge is 0.335 e. The molecule has 4 nitrogen and oxygen atoms in total. The summed E-state index contributed by atoms with van der Waals surface area (Å²) in [7, 11) is 0. The zero-order valence-electron chi connectivity index (χ0n) is 9.30. The van der Waals surface area contributed by atoms with Gasteiger partial charge in [0.05, 0.1) is 0 Å². The second-order valence-electron chi connectivity index (χ2n) is 4.15. The van der Waals surface area contributed by atoms with Gasteiger partial charge in [-0.25, -0.2) is 0 Å². The van der Waals surface area contributed by atoms with Gasteiger partial charge in [0.25, 0.3) is 0 Å². The van der Waals surface area contributed by atoms with Gasteiger partial charge in [-0.3, -0.25) is 9.78 Å². The molecule has 1 saturated carbocycles. The molecule has 2 rings (SSSR count). The van der Waals surface area contributed by atoms with Crippen molar-refractivity contribution in [2.75, 3.05) is 6.54 Å². The maximum Gasteiger partial charge on any atom is 0.224 e. The van der Waals surface area contributed by atoms with E-state index in [0.717, 1.165) is 18.4 Å². The number of pyridine rings is 1. The molecule has 0 aromatic carbocycles. The van der Waals surface area contributed by atoms with E-state index in [-0.39, 0.29) is 5.91 Å². The van der Waals surface area contributed by atoms with Gasteiger partial charge in [0.1, 0.15) is 0 Å². The van der Waals surface area contributed by atoms with Crippen molar-refractivity contribution in [3.05, 3.63) is 30.1 Å². The van der Waals surface area contributed by atoms with Gasteiger partial charge in [0.2, 0.25) is 5.91 Å². The third-order valence-corrected chi connectivity index (χ3v) is 2.74. The lowest BCUT2D eigenvalue weighted by molar-refractivity contribution is -0.132. The number of hydrogen-bond acceptors (Lipinski definition) is 3. The lowest BCUT2D eigenvalue weighted by Crippen LogP contribution is -2.33. The van der Waals surface area contributed by atoms with E-state index in [0.29, 0.717) is 25.6 Å². The summed E-state index contributed by atoms with van der Waals surface area (Å²) in [5.41, 5.74) is 6.50. The molecule has 1 aromatic rings. The van der Waals surface area contributed by atoms with E-state index in [1.54, 1.807) is 6.20 Å². The zero-order valence-corrected chi connectivity index (χ0v) is 9.30. The van der Waals surface area contributed by atoms with Crippen LogP contribution in [-0.2, 0) is 11.3 Å². The van der Waals surface area contributed by atoms with Crippen LogP contribution in [0.4, 0.5) is 0 Å². The molecule has 0 radical (unpaired) electrons. The SMILES string of the molecule is NCCC(=O)N(Cc1cccnc1)C1CC1. The molecule has 0 atom stereocenters. The molecular formula is C12H17N3O. The average molecular weight is 219 g/mol. The summed E-state index contributed by atoms with van der Waals surface area (Å²) in [6.07, 6.45) is 6.24. The Bertz CT molecular complexity index is 349. The summed E-state index contributed by atoms with van der Waals surface area (Å²) in [6, 6.07) is 4.32. The van der Waals surface area contributed by atoms with Gasteiger partial charge in [-0.05, 0) is 24.5 Å². The van der Waals surface area contributed by atoms with Gasteiger partial charge in [-0.15, -0.1) is 0 Å². The quantitative estimate of drug-likeness (QED) is 0.801. The molecule has 1 aliphatic carbocycles. The van der Waals surface area contributed by atoms with Gasteiger partial charge < -0.3 is 10.6 Å². The summed E-state index contributed by atoms with van der Waals surface area (Å²) in [4.78, 5) is 17.8. The molecule has 2 N–H and O–H groups in total. The first-order chi connectivity index (χ1) is 7.81. The molecule has 0 saturated heterocycles. The Morgan fingerprint density at radius 3 is 2.94 bits per heavy atom. The number of nitrogens with zero attached hydrogens (tertiary/aromatic N) is 2. The molecule has 16 heavy (non-hydrogen) atoms. The number of rotatable bonds is 5. The summed E-state index contributed by atoms with van der Waals surface area (Å²) < 4.78 is 0. The van der Waals surface area contributed by atoms with Crippen LogP contribution in [0.5, 0.6) is 0 Å². The van der Waals surface area contributed by atoms with E-state index in [4.69, 9.17) is 5.73 Å². The minimum absolute atomic E-state index is 0.161. The number of carbonyl (C=O) groups excluding carboxylic acids is 1. The first kappa shape index (κ1) is 11.1. The van der Waals surface area contributed by atoms with Crippen LogP contribution in [0.15, 0.2) is 24.5 Å². The van der Waals surface area contributed by atoms with Crippen molar-refractivity contribution in [2.45, 2.75) is 31.8 Å². The molecule has 1 heterocycles. The van der Waals surface area contributed by atoms with Crippen molar-refractivity contribution in [1.82, 2.24) is 9.88 Å². The first-order valence-electron chi connectivity index (χ1n) is 5.69. The minimum Gasteiger partial charge on any atom is -0.335 e. The van der Waals surface area contributed by atoms with Gasteiger partial charge in [-0.2, -0.15) is 0 Å². The van der Waals surface area contributed by atoms with Crippen LogP contribution in [-0.4, -0.2) is 28.4 Å². The Balaban J connectivity index is 2.00. The van der Waals surface area contributed by atoms with Crippen molar-refractivity contribution < 1.29 is 4.79 Å². The normalized spacial score (nSPS) is 14.8. The van der Waals surface area contributed by atoms with E-state index in [1.165, 1.54) is 0 Å². The first-order valence-corrected chi connectivity index (χ1v) is 5.69. The number of aromatic nitrogens is 1. The van der Waals surface area contributed by atoms with Crippen LogP contribution in [0.2, 0.25) is 0 Å². The molecule has 0 aliphatic heterocycles. The maximum atomic E-state index is 11.9. The fourth-order valence-corrected chi connectivity index (χ4v) is 1.76. The zero-order chi connectivity index (χ0) is 11.4. The van der Waals surface area contributed by atoms with Crippen molar-refractivity contribution >= 4 is 5.91 Å². The second-order valence-corrected chi connectivity index (χ2v) is 4.15. The maximum absolute atomic E-state index is 11.9. The van der Waals surface area contributed by atoms with Gasteiger partial charge in [0, 0.05) is 37.9 Å². The van der Waals surface area contributed by atoms with Crippen LogP contribution >= 0.6 is 0 Å². The highest BCUT2D eigenvalue weighted by Crippen LogP contribution is 2.28. The second kappa shape index (κ2) is 5.07. The highest BCUT2D eigenvalue weighted by molar-refractivity contribution is 5.77. The fourth-order valence-electron chi connectivity index (χ4n) is 1.76. The molecule has 1 aliphatic rings. The summed E-state index contributed by atoms with van der Waals surface area (Å²) in [5.74, 6) is 0.161. The topological polar surface area (TPSA) is 59.2 Å². The van der Waals surface area contributed by atoms with E-state index in [9.17, 15) is 4.79 Å². The van der Waals surface area contributed by atoms with Crippen molar-refractivity contribution in [3.8, 4) is 0 Å². The summed E-state index contributed by atoms with van der Waals surface area (Å²) in [6.45, 7) is 1.09. The standard InChI is InChI=1S/C12H17N3O/c13-6-5-12(16)15(11-3-4-11)9-10-2-1-7-14-8-10/h1-2,7-8,11H,3-6,9,13H2. The predicted octanol–water partition coefficient (Wildman–Crippen LogP) is 0.921. The number of hydrogen-bond donors (Lipinski definition) is 1. The van der Waals surface area contributed by atoms with Gasteiger partial charge >= 0.3 is 0 Å². The van der Waals surface area contributed by atoms with Crippen molar-refractivity contribution in [3.63, 3.8) is 0 Å². The van der Waals surface area contributed by atoms with Gasteiger partial charge in [-0.1, -0.05) is 6.07 Å². The highest BCUT2D eigenvalue weighted by atomic mass is 16.2.